The second-order valence-electron chi connectivity index (χ2n) is 2.78. The average molecular weight is 185 g/mol. The molecule has 0 saturated heterocycles. The SMILES string of the molecule is CC(C)c1ccc(S)c(=S)[nH]1. The van der Waals surface area contributed by atoms with Crippen molar-refractivity contribution in [1.82, 2.24) is 4.98 Å². The Labute approximate surface area is 77.3 Å². The molecule has 0 aliphatic heterocycles. The summed E-state index contributed by atoms with van der Waals surface area (Å²) in [5.41, 5.74) is 1.16. The van der Waals surface area contributed by atoms with Gasteiger partial charge in [-0.05, 0) is 18.1 Å². The van der Waals surface area contributed by atoms with Crippen LogP contribution < -0.4 is 0 Å². The van der Waals surface area contributed by atoms with Gasteiger partial charge in [-0.1, -0.05) is 26.1 Å². The van der Waals surface area contributed by atoms with E-state index in [2.05, 4.69) is 31.5 Å². The Morgan fingerprint density at radius 3 is 2.55 bits per heavy atom. The van der Waals surface area contributed by atoms with Gasteiger partial charge in [-0.15, -0.1) is 12.6 Å². The van der Waals surface area contributed by atoms with E-state index in [0.29, 0.717) is 5.92 Å². The minimum absolute atomic E-state index is 0.491. The Morgan fingerprint density at radius 1 is 1.45 bits per heavy atom. The molecule has 0 aliphatic rings. The monoisotopic (exact) mass is 185 g/mol. The molecule has 60 valence electrons. The van der Waals surface area contributed by atoms with Crippen molar-refractivity contribution >= 4 is 24.8 Å². The molecule has 0 atom stereocenters. The van der Waals surface area contributed by atoms with Crippen LogP contribution >= 0.6 is 24.8 Å². The first-order valence-corrected chi connectivity index (χ1v) is 4.39. The average Bonchev–Trinajstić information content (AvgIpc) is 1.94. The first-order valence-electron chi connectivity index (χ1n) is 3.53. The van der Waals surface area contributed by atoms with Gasteiger partial charge in [0.15, 0.2) is 0 Å². The third kappa shape index (κ3) is 2.07. The Kier molecular flexibility index (Phi) is 2.73. The molecular weight excluding hydrogens is 174 g/mol. The summed E-state index contributed by atoms with van der Waals surface area (Å²) < 4.78 is 0.722. The van der Waals surface area contributed by atoms with Gasteiger partial charge in [0.2, 0.25) is 0 Å². The lowest BCUT2D eigenvalue weighted by atomic mass is 10.1. The van der Waals surface area contributed by atoms with Crippen LogP contribution in [0.3, 0.4) is 0 Å². The van der Waals surface area contributed by atoms with Gasteiger partial charge in [-0.3, -0.25) is 0 Å². The number of nitrogens with one attached hydrogen (secondary N) is 1. The van der Waals surface area contributed by atoms with Gasteiger partial charge in [0.25, 0.3) is 0 Å². The first kappa shape index (κ1) is 8.81. The van der Waals surface area contributed by atoms with Gasteiger partial charge in [0.1, 0.15) is 4.64 Å². The molecule has 0 unspecified atom stereocenters. The molecule has 3 heteroatoms. The first-order chi connectivity index (χ1) is 5.11. The van der Waals surface area contributed by atoms with E-state index in [1.807, 2.05) is 12.1 Å². The fourth-order valence-corrected chi connectivity index (χ4v) is 1.13. The predicted molar refractivity (Wildman–Crippen MR) is 53.0 cm³/mol. The summed E-state index contributed by atoms with van der Waals surface area (Å²) in [5, 5.41) is 0. The lowest BCUT2D eigenvalue weighted by Gasteiger charge is -2.04. The van der Waals surface area contributed by atoms with Gasteiger partial charge in [0.05, 0.1) is 0 Å². The molecule has 0 spiro atoms. The highest BCUT2D eigenvalue weighted by Crippen LogP contribution is 2.14. The van der Waals surface area contributed by atoms with Crippen LogP contribution in [0.5, 0.6) is 0 Å². The molecule has 1 rings (SSSR count). The number of H-pyrrole nitrogens is 1. The Morgan fingerprint density at radius 2 is 2.09 bits per heavy atom. The number of aromatic nitrogens is 1. The minimum Gasteiger partial charge on any atom is -0.349 e. The van der Waals surface area contributed by atoms with Crippen LogP contribution in [0, 0.1) is 4.64 Å². The van der Waals surface area contributed by atoms with Crippen molar-refractivity contribution in [3.8, 4) is 0 Å². The summed E-state index contributed by atoms with van der Waals surface area (Å²) in [6.45, 7) is 4.25. The van der Waals surface area contributed by atoms with Crippen LogP contribution in [0.25, 0.3) is 0 Å². The molecule has 1 aromatic rings. The van der Waals surface area contributed by atoms with E-state index in [1.54, 1.807) is 0 Å². The maximum absolute atomic E-state index is 5.03. The molecule has 0 radical (unpaired) electrons. The highest BCUT2D eigenvalue weighted by molar-refractivity contribution is 7.81. The number of pyridine rings is 1. The summed E-state index contributed by atoms with van der Waals surface area (Å²) in [7, 11) is 0. The van der Waals surface area contributed by atoms with Crippen LogP contribution in [-0.2, 0) is 0 Å². The highest BCUT2D eigenvalue weighted by Gasteiger charge is 1.98. The quantitative estimate of drug-likeness (QED) is 0.507. The molecule has 0 amide bonds. The molecule has 0 fully saturated rings. The van der Waals surface area contributed by atoms with Gasteiger partial charge in [0, 0.05) is 10.6 Å². The summed E-state index contributed by atoms with van der Waals surface area (Å²) in [4.78, 5) is 3.95. The zero-order valence-electron chi connectivity index (χ0n) is 6.59. The fourth-order valence-electron chi connectivity index (χ4n) is 0.818. The van der Waals surface area contributed by atoms with Crippen LogP contribution in [-0.4, -0.2) is 4.98 Å². The predicted octanol–water partition coefficient (Wildman–Crippen LogP) is 3.16. The highest BCUT2D eigenvalue weighted by atomic mass is 32.1. The number of aromatic amines is 1. The second-order valence-corrected chi connectivity index (χ2v) is 3.67. The van der Waals surface area contributed by atoms with Crippen molar-refractivity contribution < 1.29 is 0 Å². The smallest absolute Gasteiger partial charge is 0.116 e. The van der Waals surface area contributed by atoms with Crippen molar-refractivity contribution in [3.05, 3.63) is 22.5 Å². The molecule has 0 saturated carbocycles. The summed E-state index contributed by atoms with van der Waals surface area (Å²) in [5.74, 6) is 0.491. The summed E-state index contributed by atoms with van der Waals surface area (Å²) >= 11 is 9.21. The fraction of sp³-hybridized carbons (Fsp3) is 0.375. The van der Waals surface area contributed by atoms with Crippen molar-refractivity contribution in [3.63, 3.8) is 0 Å². The third-order valence-corrected chi connectivity index (χ3v) is 2.38. The molecular formula is C8H11NS2. The Hall–Kier alpha value is -0.280. The van der Waals surface area contributed by atoms with Gasteiger partial charge in [-0.25, -0.2) is 0 Å². The van der Waals surface area contributed by atoms with E-state index in [0.717, 1.165) is 15.2 Å². The molecule has 1 aromatic heterocycles. The van der Waals surface area contributed by atoms with E-state index in [9.17, 15) is 0 Å². The van der Waals surface area contributed by atoms with Crippen LogP contribution in [0.15, 0.2) is 17.0 Å². The maximum Gasteiger partial charge on any atom is 0.116 e. The zero-order chi connectivity index (χ0) is 8.43. The van der Waals surface area contributed by atoms with Gasteiger partial charge >= 0.3 is 0 Å². The van der Waals surface area contributed by atoms with Crippen molar-refractivity contribution in [2.24, 2.45) is 0 Å². The molecule has 1 nitrogen and oxygen atoms in total. The van der Waals surface area contributed by atoms with Crippen LogP contribution in [0.2, 0.25) is 0 Å². The van der Waals surface area contributed by atoms with Crippen molar-refractivity contribution in [2.45, 2.75) is 24.7 Å². The topological polar surface area (TPSA) is 15.8 Å². The van der Waals surface area contributed by atoms with Gasteiger partial charge < -0.3 is 4.98 Å². The van der Waals surface area contributed by atoms with Crippen molar-refractivity contribution in [1.29, 1.82) is 0 Å². The largest absolute Gasteiger partial charge is 0.349 e. The number of hydrogen-bond acceptors (Lipinski definition) is 2. The summed E-state index contributed by atoms with van der Waals surface area (Å²) in [6.07, 6.45) is 0. The Bertz CT molecular complexity index is 301. The van der Waals surface area contributed by atoms with E-state index in [4.69, 9.17) is 12.2 Å². The van der Waals surface area contributed by atoms with Gasteiger partial charge in [-0.2, -0.15) is 0 Å². The minimum atomic E-state index is 0.491. The van der Waals surface area contributed by atoms with E-state index in [1.165, 1.54) is 0 Å². The Balaban J connectivity index is 3.16. The standard InChI is InChI=1S/C8H11NS2/c1-5(2)6-3-4-7(10)8(11)9-6/h3-5,10H,1-2H3,(H,9,11). The third-order valence-electron chi connectivity index (χ3n) is 1.53. The lowest BCUT2D eigenvalue weighted by molar-refractivity contribution is 0.815. The molecule has 0 aliphatic carbocycles. The maximum atomic E-state index is 5.03. The van der Waals surface area contributed by atoms with Crippen molar-refractivity contribution in [2.75, 3.05) is 0 Å². The second kappa shape index (κ2) is 3.41. The lowest BCUT2D eigenvalue weighted by Crippen LogP contribution is -1.91. The molecule has 11 heavy (non-hydrogen) atoms. The van der Waals surface area contributed by atoms with E-state index in [-0.39, 0.29) is 0 Å². The summed E-state index contributed by atoms with van der Waals surface area (Å²) in [6, 6.07) is 3.94. The van der Waals surface area contributed by atoms with E-state index < -0.39 is 0 Å². The number of thiol groups is 1. The van der Waals surface area contributed by atoms with E-state index >= 15 is 0 Å². The van der Waals surface area contributed by atoms with Crippen LogP contribution in [0.1, 0.15) is 25.5 Å². The number of rotatable bonds is 1. The zero-order valence-corrected chi connectivity index (χ0v) is 8.30. The van der Waals surface area contributed by atoms with Crippen LogP contribution in [0.4, 0.5) is 0 Å². The number of hydrogen-bond donors (Lipinski definition) is 2. The normalized spacial score (nSPS) is 10.5. The molecule has 1 heterocycles. The molecule has 0 bridgehead atoms. The molecule has 1 N–H and O–H groups in total. The molecule has 0 aromatic carbocycles.